The molecule has 1 aromatic heterocycles. The average molecular weight is 126 g/mol. The minimum Gasteiger partial charge on any atom is -0.243 e. The number of nitrogens with one attached hydrogen (secondary N) is 2. The summed E-state index contributed by atoms with van der Waals surface area (Å²) >= 11 is 0. The number of aromatic nitrogens is 2. The summed E-state index contributed by atoms with van der Waals surface area (Å²) in [5, 5.41) is 3.90. The molecule has 0 aromatic carbocycles. The summed E-state index contributed by atoms with van der Waals surface area (Å²) in [7, 11) is 0. The third-order valence-corrected chi connectivity index (χ3v) is 0.875. The van der Waals surface area contributed by atoms with E-state index in [-0.39, 0.29) is 0 Å². The second-order valence-electron chi connectivity index (χ2n) is 1.59. The van der Waals surface area contributed by atoms with Gasteiger partial charge in [0.05, 0.1) is 6.20 Å². The van der Waals surface area contributed by atoms with Gasteiger partial charge < -0.3 is 0 Å². The minimum atomic E-state index is 0.875. The molecule has 0 unspecified atom stereocenters. The Morgan fingerprint density at radius 1 is 1.67 bits per heavy atom. The first-order valence-corrected chi connectivity index (χ1v) is 2.92. The molecule has 50 valence electrons. The van der Waals surface area contributed by atoms with Gasteiger partial charge in [0.2, 0.25) is 0 Å². The van der Waals surface area contributed by atoms with Gasteiger partial charge in [-0.3, -0.25) is 0 Å². The number of nitrogens with zero attached hydrogens (tertiary/aromatic N) is 2. The molecule has 1 heterocycles. The van der Waals surface area contributed by atoms with E-state index < -0.39 is 0 Å². The van der Waals surface area contributed by atoms with Crippen LogP contribution >= 0.6 is 0 Å². The molecular formula is C5H10N4. The maximum atomic E-state index is 3.90. The maximum absolute atomic E-state index is 3.90. The highest BCUT2D eigenvalue weighted by Crippen LogP contribution is 1.74. The first kappa shape index (κ1) is 6.10. The van der Waals surface area contributed by atoms with E-state index in [1.165, 1.54) is 0 Å². The molecule has 0 aliphatic rings. The molecule has 0 aliphatic heterocycles. The predicted octanol–water partition coefficient (Wildman–Crippen LogP) is -0.0489. The van der Waals surface area contributed by atoms with Crippen LogP contribution in [0.25, 0.3) is 0 Å². The molecule has 1 rings (SSSR count). The Labute approximate surface area is 53.8 Å². The van der Waals surface area contributed by atoms with Crippen molar-refractivity contribution in [1.29, 1.82) is 0 Å². The van der Waals surface area contributed by atoms with Crippen molar-refractivity contribution in [3.63, 3.8) is 0 Å². The minimum absolute atomic E-state index is 0.875. The summed E-state index contributed by atoms with van der Waals surface area (Å²) in [4.78, 5) is 1.60. The van der Waals surface area contributed by atoms with Gasteiger partial charge >= 0.3 is 0 Å². The lowest BCUT2D eigenvalue weighted by Crippen LogP contribution is -2.30. The largest absolute Gasteiger partial charge is 0.243 e. The van der Waals surface area contributed by atoms with Crippen LogP contribution in [0.4, 0.5) is 0 Å². The summed E-state index contributed by atoms with van der Waals surface area (Å²) in [6.45, 7) is 2.89. The van der Waals surface area contributed by atoms with Gasteiger partial charge in [0.1, 0.15) is 0 Å². The highest BCUT2D eigenvalue weighted by molar-refractivity contribution is 4.79. The number of rotatable bonds is 3. The van der Waals surface area contributed by atoms with E-state index in [1.54, 1.807) is 11.0 Å². The summed E-state index contributed by atoms with van der Waals surface area (Å²) in [6, 6.07) is 1.85. The molecule has 0 atom stereocenters. The monoisotopic (exact) mass is 126 g/mol. The Hall–Kier alpha value is -1.03. The molecule has 0 spiro atoms. The topological polar surface area (TPSA) is 41.9 Å². The van der Waals surface area contributed by atoms with Crippen LogP contribution in [0.3, 0.4) is 0 Å². The van der Waals surface area contributed by atoms with Crippen LogP contribution in [0.15, 0.2) is 18.5 Å². The van der Waals surface area contributed by atoms with Gasteiger partial charge in [-0.25, -0.2) is 11.0 Å². The molecule has 0 saturated heterocycles. The molecule has 0 fully saturated rings. The quantitative estimate of drug-likeness (QED) is 0.558. The van der Waals surface area contributed by atoms with Crippen LogP contribution in [0.5, 0.6) is 0 Å². The lowest BCUT2D eigenvalue weighted by Gasteiger charge is -2.03. The Bertz CT molecular complexity index is 146. The normalized spacial score (nSPS) is 9.44. The van der Waals surface area contributed by atoms with Crippen LogP contribution in [0.2, 0.25) is 0 Å². The molecule has 1 aromatic rings. The molecule has 2 N–H and O–H groups in total. The maximum Gasteiger partial charge on any atom is 0.0511 e. The van der Waals surface area contributed by atoms with E-state index in [9.17, 15) is 0 Å². The zero-order chi connectivity index (χ0) is 6.53. The first-order valence-electron chi connectivity index (χ1n) is 2.92. The number of hydrazine groups is 1. The molecule has 0 amide bonds. The second kappa shape index (κ2) is 3.09. The number of hydrogen-bond acceptors (Lipinski definition) is 3. The molecule has 4 heteroatoms. The molecular weight excluding hydrogens is 116 g/mol. The summed E-state index contributed by atoms with van der Waals surface area (Å²) in [5.74, 6) is 0. The lowest BCUT2D eigenvalue weighted by molar-refractivity contribution is 0.642. The van der Waals surface area contributed by atoms with Gasteiger partial charge in [-0.2, -0.15) is 9.89 Å². The fourth-order valence-corrected chi connectivity index (χ4v) is 0.495. The lowest BCUT2D eigenvalue weighted by atomic mass is 10.8. The van der Waals surface area contributed by atoms with Crippen LogP contribution in [-0.4, -0.2) is 16.4 Å². The van der Waals surface area contributed by atoms with Gasteiger partial charge in [0.15, 0.2) is 0 Å². The fraction of sp³-hybridized carbons (Fsp3) is 0.400. The van der Waals surface area contributed by atoms with E-state index in [1.807, 2.05) is 19.2 Å². The van der Waals surface area contributed by atoms with Crippen LogP contribution in [0.1, 0.15) is 6.92 Å². The van der Waals surface area contributed by atoms with Crippen molar-refractivity contribution in [1.82, 2.24) is 15.3 Å². The van der Waals surface area contributed by atoms with Crippen LogP contribution in [-0.2, 0) is 0 Å². The van der Waals surface area contributed by atoms with E-state index >= 15 is 0 Å². The molecule has 4 nitrogen and oxygen atoms in total. The Kier molecular flexibility index (Phi) is 2.09. The van der Waals surface area contributed by atoms with E-state index in [0.717, 1.165) is 6.54 Å². The first-order chi connectivity index (χ1) is 4.43. The van der Waals surface area contributed by atoms with Gasteiger partial charge in [0.25, 0.3) is 0 Å². The van der Waals surface area contributed by atoms with Gasteiger partial charge in [-0.05, 0) is 6.07 Å². The highest BCUT2D eigenvalue weighted by Gasteiger charge is 1.80. The van der Waals surface area contributed by atoms with Crippen molar-refractivity contribution in [3.8, 4) is 0 Å². The van der Waals surface area contributed by atoms with Crippen LogP contribution < -0.4 is 11.0 Å². The van der Waals surface area contributed by atoms with Crippen LogP contribution in [0, 0.1) is 0 Å². The van der Waals surface area contributed by atoms with Crippen molar-refractivity contribution in [2.45, 2.75) is 6.92 Å². The van der Waals surface area contributed by atoms with Gasteiger partial charge in [-0.1, -0.05) is 6.92 Å². The highest BCUT2D eigenvalue weighted by atomic mass is 15.7. The fourth-order valence-electron chi connectivity index (χ4n) is 0.495. The van der Waals surface area contributed by atoms with Gasteiger partial charge in [0, 0.05) is 12.7 Å². The smallest absolute Gasteiger partial charge is 0.0511 e. The summed E-state index contributed by atoms with van der Waals surface area (Å²) in [6.07, 6.45) is 3.53. The van der Waals surface area contributed by atoms with E-state index in [2.05, 4.69) is 16.1 Å². The van der Waals surface area contributed by atoms with Gasteiger partial charge in [-0.15, -0.1) is 0 Å². The van der Waals surface area contributed by atoms with Crippen molar-refractivity contribution in [2.75, 3.05) is 12.1 Å². The zero-order valence-electron chi connectivity index (χ0n) is 5.33. The Balaban J connectivity index is 2.30. The molecule has 0 radical (unpaired) electrons. The van der Waals surface area contributed by atoms with Crippen molar-refractivity contribution >= 4 is 0 Å². The number of hydrogen-bond donors (Lipinski definition) is 2. The Morgan fingerprint density at radius 2 is 2.56 bits per heavy atom. The summed E-state index contributed by atoms with van der Waals surface area (Å²) in [5.41, 5.74) is 5.73. The predicted molar refractivity (Wildman–Crippen MR) is 35.3 cm³/mol. The molecule has 9 heavy (non-hydrogen) atoms. The summed E-state index contributed by atoms with van der Waals surface area (Å²) < 4.78 is 0. The Morgan fingerprint density at radius 3 is 3.11 bits per heavy atom. The standard InChI is InChI=1S/C5H10N4/c1-2-6-8-9-5-3-4-7-9/h3-6,8H,2H2,1H3. The zero-order valence-corrected chi connectivity index (χ0v) is 5.33. The molecule has 0 saturated carbocycles. The molecule has 0 aliphatic carbocycles. The molecule has 0 bridgehead atoms. The van der Waals surface area contributed by atoms with E-state index in [4.69, 9.17) is 0 Å². The van der Waals surface area contributed by atoms with Crippen molar-refractivity contribution < 1.29 is 0 Å². The SMILES string of the molecule is CCNNn1cccn1. The third-order valence-electron chi connectivity index (χ3n) is 0.875. The van der Waals surface area contributed by atoms with Crippen molar-refractivity contribution in [2.24, 2.45) is 0 Å². The average Bonchev–Trinajstić information content (AvgIpc) is 2.34. The van der Waals surface area contributed by atoms with Crippen molar-refractivity contribution in [3.05, 3.63) is 18.5 Å². The second-order valence-corrected chi connectivity index (χ2v) is 1.59. The van der Waals surface area contributed by atoms with E-state index in [0.29, 0.717) is 0 Å². The third kappa shape index (κ3) is 1.73.